The van der Waals surface area contributed by atoms with Crippen LogP contribution in [0.5, 0.6) is 0 Å². The van der Waals surface area contributed by atoms with E-state index in [0.717, 1.165) is 12.0 Å². The van der Waals surface area contributed by atoms with Gasteiger partial charge in [0.1, 0.15) is 0 Å². The molecular formula is C19H22N2O6S. The van der Waals surface area contributed by atoms with E-state index in [1.807, 2.05) is 19.1 Å². The minimum absolute atomic E-state index is 0.0401. The number of carbonyl (C=O) groups is 2. The second kappa shape index (κ2) is 9.45. The highest BCUT2D eigenvalue weighted by Crippen LogP contribution is 2.16. The molecule has 2 aromatic carbocycles. The van der Waals surface area contributed by atoms with Crippen molar-refractivity contribution in [2.75, 3.05) is 26.1 Å². The zero-order chi connectivity index (χ0) is 20.7. The summed E-state index contributed by atoms with van der Waals surface area (Å²) in [6.07, 6.45) is 0.897. The molecule has 0 aliphatic rings. The van der Waals surface area contributed by atoms with Crippen LogP contribution in [-0.2, 0) is 30.8 Å². The molecule has 0 aromatic heterocycles. The first-order chi connectivity index (χ1) is 13.3. The van der Waals surface area contributed by atoms with Crippen molar-refractivity contribution in [3.05, 3.63) is 59.7 Å². The summed E-state index contributed by atoms with van der Waals surface area (Å²) in [5.41, 5.74) is 1.88. The number of nitrogens with zero attached hydrogens (tertiary/aromatic N) is 1. The highest BCUT2D eigenvalue weighted by atomic mass is 32.2. The van der Waals surface area contributed by atoms with E-state index >= 15 is 0 Å². The van der Waals surface area contributed by atoms with E-state index in [1.165, 1.54) is 38.4 Å². The Morgan fingerprint density at radius 3 is 2.18 bits per heavy atom. The molecule has 0 radical (unpaired) electrons. The summed E-state index contributed by atoms with van der Waals surface area (Å²) in [7, 11) is -1.32. The zero-order valence-electron chi connectivity index (χ0n) is 15.8. The van der Waals surface area contributed by atoms with Crippen molar-refractivity contribution in [1.29, 1.82) is 0 Å². The van der Waals surface area contributed by atoms with E-state index in [-0.39, 0.29) is 10.5 Å². The number of hydrogen-bond acceptors (Lipinski definition) is 6. The van der Waals surface area contributed by atoms with Gasteiger partial charge in [-0.3, -0.25) is 9.63 Å². The molecule has 8 nitrogen and oxygen atoms in total. The number of ether oxygens (including phenoxy) is 1. The van der Waals surface area contributed by atoms with E-state index in [0.29, 0.717) is 10.2 Å². The minimum Gasteiger partial charge on any atom is -0.452 e. The van der Waals surface area contributed by atoms with Crippen molar-refractivity contribution < 1.29 is 27.6 Å². The lowest BCUT2D eigenvalue weighted by molar-refractivity contribution is -0.119. The Morgan fingerprint density at radius 1 is 1.04 bits per heavy atom. The summed E-state index contributed by atoms with van der Waals surface area (Å²) in [5.74, 6) is -1.21. The van der Waals surface area contributed by atoms with Crippen LogP contribution in [0.3, 0.4) is 0 Å². The molecule has 2 rings (SSSR count). The maximum atomic E-state index is 12.1. The topological polar surface area (TPSA) is 102 Å². The van der Waals surface area contributed by atoms with E-state index in [4.69, 9.17) is 4.74 Å². The smallest absolute Gasteiger partial charge is 0.338 e. The maximum absolute atomic E-state index is 12.1. The summed E-state index contributed by atoms with van der Waals surface area (Å²) in [6.45, 7) is 1.58. The second-order valence-electron chi connectivity index (χ2n) is 5.80. The maximum Gasteiger partial charge on any atom is 0.338 e. The average Bonchev–Trinajstić information content (AvgIpc) is 2.72. The molecule has 0 spiro atoms. The standard InChI is InChI=1S/C19H22N2O6S/c1-4-14-5-9-16(10-6-14)20-18(22)13-27-19(23)15-7-11-17(12-8-15)28(24,25)21(2)26-3/h5-12H,4,13H2,1-3H3,(H,20,22). The normalized spacial score (nSPS) is 11.3. The Morgan fingerprint density at radius 2 is 1.64 bits per heavy atom. The molecule has 28 heavy (non-hydrogen) atoms. The van der Waals surface area contributed by atoms with Crippen LogP contribution in [0.1, 0.15) is 22.8 Å². The molecule has 0 saturated heterocycles. The molecule has 1 amide bonds. The number of carbonyl (C=O) groups excluding carboxylic acids is 2. The highest BCUT2D eigenvalue weighted by Gasteiger charge is 2.21. The Hall–Kier alpha value is -2.75. The van der Waals surface area contributed by atoms with Crippen molar-refractivity contribution in [3.63, 3.8) is 0 Å². The van der Waals surface area contributed by atoms with Crippen LogP contribution >= 0.6 is 0 Å². The summed E-state index contributed by atoms with van der Waals surface area (Å²) in [6, 6.07) is 12.5. The van der Waals surface area contributed by atoms with Crippen molar-refractivity contribution in [2.45, 2.75) is 18.2 Å². The molecule has 0 fully saturated rings. The zero-order valence-corrected chi connectivity index (χ0v) is 16.7. The molecule has 0 aliphatic heterocycles. The summed E-state index contributed by atoms with van der Waals surface area (Å²) >= 11 is 0. The molecular weight excluding hydrogens is 384 g/mol. The Bertz CT molecular complexity index is 924. The number of anilines is 1. The summed E-state index contributed by atoms with van der Waals surface area (Å²) in [5, 5.41) is 2.63. The number of amides is 1. The van der Waals surface area contributed by atoms with Gasteiger partial charge in [-0.15, -0.1) is 0 Å². The van der Waals surface area contributed by atoms with Gasteiger partial charge < -0.3 is 10.1 Å². The predicted molar refractivity (Wildman–Crippen MR) is 103 cm³/mol. The number of hydrogen-bond donors (Lipinski definition) is 1. The molecule has 0 heterocycles. The van der Waals surface area contributed by atoms with Crippen LogP contribution in [0.25, 0.3) is 0 Å². The monoisotopic (exact) mass is 406 g/mol. The van der Waals surface area contributed by atoms with E-state index in [2.05, 4.69) is 10.2 Å². The van der Waals surface area contributed by atoms with Gasteiger partial charge in [0.05, 0.1) is 17.6 Å². The number of nitrogens with one attached hydrogen (secondary N) is 1. The van der Waals surface area contributed by atoms with E-state index < -0.39 is 28.5 Å². The average molecular weight is 406 g/mol. The first-order valence-corrected chi connectivity index (χ1v) is 9.91. The van der Waals surface area contributed by atoms with E-state index in [1.54, 1.807) is 12.1 Å². The van der Waals surface area contributed by atoms with Crippen LogP contribution in [0, 0.1) is 0 Å². The largest absolute Gasteiger partial charge is 0.452 e. The lowest BCUT2D eigenvalue weighted by atomic mass is 10.1. The van der Waals surface area contributed by atoms with Gasteiger partial charge in [0, 0.05) is 12.7 Å². The fraction of sp³-hybridized carbons (Fsp3) is 0.263. The lowest BCUT2D eigenvalue weighted by Gasteiger charge is -2.14. The van der Waals surface area contributed by atoms with Gasteiger partial charge in [0.2, 0.25) is 0 Å². The van der Waals surface area contributed by atoms with Gasteiger partial charge in [-0.05, 0) is 48.4 Å². The highest BCUT2D eigenvalue weighted by molar-refractivity contribution is 7.89. The van der Waals surface area contributed by atoms with Crippen molar-refractivity contribution in [2.24, 2.45) is 0 Å². The number of sulfonamides is 1. The summed E-state index contributed by atoms with van der Waals surface area (Å²) < 4.78 is 29.9. The van der Waals surface area contributed by atoms with Crippen LogP contribution in [0.2, 0.25) is 0 Å². The van der Waals surface area contributed by atoms with Gasteiger partial charge in [0.25, 0.3) is 15.9 Å². The number of benzene rings is 2. The Kier molecular flexibility index (Phi) is 7.27. The lowest BCUT2D eigenvalue weighted by Crippen LogP contribution is -2.25. The quantitative estimate of drug-likeness (QED) is 0.533. The molecule has 150 valence electrons. The number of esters is 1. The number of hydroxylamine groups is 1. The van der Waals surface area contributed by atoms with Gasteiger partial charge in [0.15, 0.2) is 6.61 Å². The molecule has 1 N–H and O–H groups in total. The first-order valence-electron chi connectivity index (χ1n) is 8.47. The minimum atomic E-state index is -3.80. The van der Waals surface area contributed by atoms with Crippen LogP contribution in [0.15, 0.2) is 53.4 Å². The fourth-order valence-electron chi connectivity index (χ4n) is 2.24. The molecule has 0 aliphatic carbocycles. The van der Waals surface area contributed by atoms with E-state index in [9.17, 15) is 18.0 Å². The van der Waals surface area contributed by atoms with Crippen molar-refractivity contribution in [3.8, 4) is 0 Å². The van der Waals surface area contributed by atoms with Gasteiger partial charge in [-0.1, -0.05) is 23.5 Å². The molecule has 0 bridgehead atoms. The third-order valence-corrected chi connectivity index (χ3v) is 5.66. The number of rotatable bonds is 8. The third kappa shape index (κ3) is 5.38. The molecule has 0 unspecified atom stereocenters. The molecule has 0 saturated carbocycles. The third-order valence-electron chi connectivity index (χ3n) is 3.96. The van der Waals surface area contributed by atoms with Crippen LogP contribution < -0.4 is 5.32 Å². The molecule has 9 heteroatoms. The van der Waals surface area contributed by atoms with Gasteiger partial charge in [-0.2, -0.15) is 0 Å². The first kappa shape index (κ1) is 21.5. The Balaban J connectivity index is 1.92. The second-order valence-corrected chi connectivity index (χ2v) is 7.73. The van der Waals surface area contributed by atoms with Crippen LogP contribution in [-0.4, -0.2) is 45.5 Å². The molecule has 0 atom stereocenters. The van der Waals surface area contributed by atoms with Crippen molar-refractivity contribution in [1.82, 2.24) is 4.47 Å². The summed E-state index contributed by atoms with van der Waals surface area (Å²) in [4.78, 5) is 28.6. The number of aryl methyl sites for hydroxylation is 1. The SMILES string of the molecule is CCc1ccc(NC(=O)COC(=O)c2ccc(S(=O)(=O)N(C)OC)cc2)cc1. The predicted octanol–water partition coefficient (Wildman–Crippen LogP) is 2.23. The van der Waals surface area contributed by atoms with Crippen LogP contribution in [0.4, 0.5) is 5.69 Å². The van der Waals surface area contributed by atoms with Gasteiger partial charge in [-0.25, -0.2) is 13.2 Å². The Labute approximate surface area is 164 Å². The van der Waals surface area contributed by atoms with Gasteiger partial charge >= 0.3 is 5.97 Å². The van der Waals surface area contributed by atoms with Crippen molar-refractivity contribution >= 4 is 27.6 Å². The molecule has 2 aromatic rings. The fourth-order valence-corrected chi connectivity index (χ4v) is 3.22.